The Balaban J connectivity index is 2.14. The number of rotatable bonds is 3. The average molecular weight is 294 g/mol. The third-order valence-corrected chi connectivity index (χ3v) is 4.98. The first-order valence-corrected chi connectivity index (χ1v) is 7.51. The summed E-state index contributed by atoms with van der Waals surface area (Å²) in [6, 6.07) is 1.48. The number of halogens is 1. The number of hydrogen-bond donors (Lipinski definition) is 0. The zero-order valence-corrected chi connectivity index (χ0v) is 12.0. The third kappa shape index (κ3) is 1.78. The fourth-order valence-electron chi connectivity index (χ4n) is 2.56. The van der Waals surface area contributed by atoms with Crippen LogP contribution in [0.5, 0.6) is 0 Å². The molecule has 2 aromatic heterocycles. The van der Waals surface area contributed by atoms with E-state index in [0.29, 0.717) is 10.7 Å². The Morgan fingerprint density at radius 2 is 2.53 bits per heavy atom. The first-order valence-electron chi connectivity index (χ1n) is 6.10. The normalized spacial score (nSPS) is 25.4. The largest absolute Gasteiger partial charge is 0.310 e. The fraction of sp³-hybridized carbons (Fsp3) is 0.462. The Morgan fingerprint density at radius 1 is 1.74 bits per heavy atom. The molecule has 3 rings (SSSR count). The van der Waals surface area contributed by atoms with Crippen LogP contribution < -0.4 is 5.56 Å². The average Bonchev–Trinajstić information content (AvgIpc) is 3.01. The summed E-state index contributed by atoms with van der Waals surface area (Å²) in [5, 5.41) is 1.95. The molecule has 0 radical (unpaired) electrons. The molecule has 2 atom stereocenters. The summed E-state index contributed by atoms with van der Waals surface area (Å²) in [5.74, 6) is 0.397. The number of nitrogens with zero attached hydrogens (tertiary/aromatic N) is 3. The van der Waals surface area contributed by atoms with E-state index in [9.17, 15) is 4.79 Å². The number of fused-ring (bicyclic) bond motifs is 1. The molecule has 1 aliphatic carbocycles. The van der Waals surface area contributed by atoms with Crippen molar-refractivity contribution in [2.45, 2.75) is 37.1 Å². The van der Waals surface area contributed by atoms with Crippen molar-refractivity contribution in [3.63, 3.8) is 0 Å². The monoisotopic (exact) mass is 293 g/mol. The molecular formula is C13H12ClN3OS. The van der Waals surface area contributed by atoms with Crippen LogP contribution in [0, 0.1) is 6.57 Å². The second-order valence-electron chi connectivity index (χ2n) is 4.82. The molecule has 98 valence electrons. The molecule has 2 unspecified atom stereocenters. The molecule has 2 heterocycles. The van der Waals surface area contributed by atoms with Crippen LogP contribution >= 0.6 is 22.9 Å². The topological polar surface area (TPSA) is 38.7 Å². The molecular weight excluding hydrogens is 282 g/mol. The van der Waals surface area contributed by atoms with Gasteiger partial charge in [0.05, 0.1) is 23.2 Å². The molecule has 0 bridgehead atoms. The van der Waals surface area contributed by atoms with E-state index in [2.05, 4.69) is 9.83 Å². The highest BCUT2D eigenvalue weighted by molar-refractivity contribution is 7.15. The predicted molar refractivity (Wildman–Crippen MR) is 75.9 cm³/mol. The molecule has 0 amide bonds. The van der Waals surface area contributed by atoms with E-state index in [1.54, 1.807) is 4.40 Å². The molecule has 4 nitrogen and oxygen atoms in total. The molecule has 0 saturated heterocycles. The fourth-order valence-corrected chi connectivity index (χ4v) is 3.67. The number of alkyl halides is 1. The van der Waals surface area contributed by atoms with Crippen LogP contribution in [0.25, 0.3) is 9.81 Å². The van der Waals surface area contributed by atoms with E-state index in [-0.39, 0.29) is 22.9 Å². The zero-order chi connectivity index (χ0) is 13.6. The minimum absolute atomic E-state index is 0.0983. The maximum atomic E-state index is 12.2. The lowest BCUT2D eigenvalue weighted by Gasteiger charge is -2.02. The van der Waals surface area contributed by atoms with Gasteiger partial charge in [-0.15, -0.1) is 22.9 Å². The summed E-state index contributed by atoms with van der Waals surface area (Å²) in [5.41, 5.74) is 1.12. The van der Waals surface area contributed by atoms with Crippen LogP contribution in [0.15, 0.2) is 16.2 Å². The van der Waals surface area contributed by atoms with Gasteiger partial charge < -0.3 is 4.85 Å². The first-order chi connectivity index (χ1) is 9.15. The van der Waals surface area contributed by atoms with Gasteiger partial charge in [-0.3, -0.25) is 9.20 Å². The maximum absolute atomic E-state index is 12.2. The Kier molecular flexibility index (Phi) is 2.88. The summed E-state index contributed by atoms with van der Waals surface area (Å²) in [6.45, 7) is 9.36. The molecule has 0 spiro atoms. The maximum Gasteiger partial charge on any atom is 0.259 e. The second kappa shape index (κ2) is 4.32. The predicted octanol–water partition coefficient (Wildman–Crippen LogP) is 3.05. The van der Waals surface area contributed by atoms with Crippen LogP contribution in [-0.4, -0.2) is 14.9 Å². The van der Waals surface area contributed by atoms with Gasteiger partial charge in [0, 0.05) is 24.3 Å². The summed E-state index contributed by atoms with van der Waals surface area (Å²) in [4.78, 5) is 20.9. The Bertz CT molecular complexity index is 744. The number of hydrogen-bond acceptors (Lipinski definition) is 3. The Labute approximate surface area is 119 Å². The zero-order valence-electron chi connectivity index (χ0n) is 10.4. The van der Waals surface area contributed by atoms with Crippen LogP contribution in [-0.2, 0) is 5.88 Å². The van der Waals surface area contributed by atoms with Crippen molar-refractivity contribution in [3.05, 3.63) is 44.6 Å². The summed E-state index contributed by atoms with van der Waals surface area (Å²) < 4.78 is 1.63. The molecule has 1 saturated carbocycles. The van der Waals surface area contributed by atoms with Gasteiger partial charge in [-0.1, -0.05) is 6.92 Å². The molecule has 0 aromatic carbocycles. The molecule has 0 aliphatic heterocycles. The van der Waals surface area contributed by atoms with E-state index in [0.717, 1.165) is 18.5 Å². The van der Waals surface area contributed by atoms with Crippen LogP contribution in [0.4, 0.5) is 0 Å². The molecule has 1 fully saturated rings. The van der Waals surface area contributed by atoms with Gasteiger partial charge >= 0.3 is 0 Å². The summed E-state index contributed by atoms with van der Waals surface area (Å²) in [7, 11) is 0. The van der Waals surface area contributed by atoms with Gasteiger partial charge in [-0.05, 0) is 0 Å². The SMILES string of the molecule is [C-]#[N+]C1(CC)CC1c1csc2nc(CCl)cc(=O)n12. The van der Waals surface area contributed by atoms with Crippen LogP contribution in [0.1, 0.15) is 37.1 Å². The van der Waals surface area contributed by atoms with Gasteiger partial charge in [-0.2, -0.15) is 0 Å². The minimum atomic E-state index is -0.307. The second-order valence-corrected chi connectivity index (χ2v) is 5.93. The van der Waals surface area contributed by atoms with E-state index in [1.165, 1.54) is 17.4 Å². The van der Waals surface area contributed by atoms with Gasteiger partial charge in [0.1, 0.15) is 0 Å². The molecule has 2 aromatic rings. The number of aromatic nitrogens is 2. The third-order valence-electron chi connectivity index (χ3n) is 3.86. The van der Waals surface area contributed by atoms with Crippen LogP contribution in [0.3, 0.4) is 0 Å². The van der Waals surface area contributed by atoms with Crippen LogP contribution in [0.2, 0.25) is 0 Å². The Hall–Kier alpha value is -1.38. The molecule has 6 heteroatoms. The van der Waals surface area contributed by atoms with Gasteiger partial charge in [0.2, 0.25) is 5.54 Å². The lowest BCUT2D eigenvalue weighted by molar-refractivity contribution is 0.711. The van der Waals surface area contributed by atoms with Crippen molar-refractivity contribution in [2.75, 3.05) is 0 Å². The first kappa shape index (κ1) is 12.6. The van der Waals surface area contributed by atoms with Gasteiger partial charge in [-0.25, -0.2) is 11.6 Å². The van der Waals surface area contributed by atoms with Crippen molar-refractivity contribution in [3.8, 4) is 0 Å². The molecule has 1 aliphatic rings. The van der Waals surface area contributed by atoms with Crippen molar-refractivity contribution in [1.82, 2.24) is 9.38 Å². The lowest BCUT2D eigenvalue weighted by atomic mass is 10.1. The highest BCUT2D eigenvalue weighted by Gasteiger charge is 2.62. The lowest BCUT2D eigenvalue weighted by Crippen LogP contribution is -2.17. The van der Waals surface area contributed by atoms with E-state index < -0.39 is 0 Å². The summed E-state index contributed by atoms with van der Waals surface area (Å²) in [6.07, 6.45) is 1.66. The van der Waals surface area contributed by atoms with Crippen molar-refractivity contribution in [1.29, 1.82) is 0 Å². The Morgan fingerprint density at radius 3 is 3.11 bits per heavy atom. The van der Waals surface area contributed by atoms with E-state index >= 15 is 0 Å². The molecule has 0 N–H and O–H groups in total. The quantitative estimate of drug-likeness (QED) is 0.644. The summed E-state index contributed by atoms with van der Waals surface area (Å²) >= 11 is 7.16. The van der Waals surface area contributed by atoms with Gasteiger partial charge in [0.15, 0.2) is 4.96 Å². The van der Waals surface area contributed by atoms with Crippen molar-refractivity contribution in [2.24, 2.45) is 0 Å². The van der Waals surface area contributed by atoms with E-state index in [1.807, 2.05) is 12.3 Å². The number of thiazole rings is 1. The highest BCUT2D eigenvalue weighted by atomic mass is 35.5. The smallest absolute Gasteiger partial charge is 0.259 e. The van der Waals surface area contributed by atoms with Gasteiger partial charge in [0.25, 0.3) is 5.56 Å². The van der Waals surface area contributed by atoms with E-state index in [4.69, 9.17) is 18.2 Å². The van der Waals surface area contributed by atoms with Crippen molar-refractivity contribution < 1.29 is 0 Å². The minimum Gasteiger partial charge on any atom is -0.310 e. The standard InChI is InChI=1S/C13H12ClN3OS/c1-3-13(15-2)5-9(13)10-7-19-12-16-8(6-14)4-11(18)17(10)12/h4,7,9H,3,5-6H2,1H3. The van der Waals surface area contributed by atoms with Crippen molar-refractivity contribution >= 4 is 27.9 Å². The highest BCUT2D eigenvalue weighted by Crippen LogP contribution is 2.56. The molecule has 19 heavy (non-hydrogen) atoms.